The van der Waals surface area contributed by atoms with Crippen molar-refractivity contribution in [2.45, 2.75) is 18.9 Å². The van der Waals surface area contributed by atoms with Gasteiger partial charge in [-0.15, -0.1) is 0 Å². The Morgan fingerprint density at radius 2 is 1.55 bits per heavy atom. The number of carbonyl (C=O) groups is 2. The topological polar surface area (TPSA) is 77.1 Å². The van der Waals surface area contributed by atoms with Crippen molar-refractivity contribution in [3.63, 3.8) is 0 Å². The molecule has 0 atom stereocenters. The second-order valence-electron chi connectivity index (χ2n) is 5.21. The SMILES string of the molecule is O=C1C=CC(=O)N1CCOCCOCCOC1CCNCC1. The summed E-state index contributed by atoms with van der Waals surface area (Å²) in [4.78, 5) is 23.7. The van der Waals surface area contributed by atoms with E-state index in [2.05, 4.69) is 5.32 Å². The first kappa shape index (κ1) is 17.1. The van der Waals surface area contributed by atoms with Gasteiger partial charge in [0.2, 0.25) is 0 Å². The molecule has 0 aromatic heterocycles. The Kier molecular flexibility index (Phi) is 7.51. The quantitative estimate of drug-likeness (QED) is 0.441. The highest BCUT2D eigenvalue weighted by Gasteiger charge is 2.22. The maximum Gasteiger partial charge on any atom is 0.253 e. The van der Waals surface area contributed by atoms with Crippen LogP contribution in [0.5, 0.6) is 0 Å². The molecule has 0 aliphatic carbocycles. The molecular formula is C15H24N2O5. The lowest BCUT2D eigenvalue weighted by molar-refractivity contribution is -0.137. The molecule has 1 saturated heterocycles. The Morgan fingerprint density at radius 3 is 2.23 bits per heavy atom. The van der Waals surface area contributed by atoms with Gasteiger partial charge in [0.05, 0.1) is 45.7 Å². The summed E-state index contributed by atoms with van der Waals surface area (Å²) in [5, 5.41) is 3.29. The lowest BCUT2D eigenvalue weighted by atomic mass is 10.1. The number of piperidine rings is 1. The summed E-state index contributed by atoms with van der Waals surface area (Å²) in [7, 11) is 0. The Balaban J connectivity index is 1.37. The average Bonchev–Trinajstić information content (AvgIpc) is 2.86. The van der Waals surface area contributed by atoms with Crippen molar-refractivity contribution in [3.05, 3.63) is 12.2 Å². The molecule has 0 bridgehead atoms. The van der Waals surface area contributed by atoms with Crippen LogP contribution < -0.4 is 5.32 Å². The lowest BCUT2D eigenvalue weighted by Gasteiger charge is -2.22. The van der Waals surface area contributed by atoms with E-state index in [9.17, 15) is 9.59 Å². The van der Waals surface area contributed by atoms with Crippen LogP contribution in [-0.4, -0.2) is 75.5 Å². The zero-order chi connectivity index (χ0) is 15.6. The van der Waals surface area contributed by atoms with E-state index < -0.39 is 0 Å². The van der Waals surface area contributed by atoms with Crippen LogP contribution >= 0.6 is 0 Å². The first-order valence-corrected chi connectivity index (χ1v) is 7.79. The van der Waals surface area contributed by atoms with Gasteiger partial charge in [-0.2, -0.15) is 0 Å². The Morgan fingerprint density at radius 1 is 0.955 bits per heavy atom. The molecule has 0 unspecified atom stereocenters. The van der Waals surface area contributed by atoms with E-state index in [-0.39, 0.29) is 18.4 Å². The highest BCUT2D eigenvalue weighted by Crippen LogP contribution is 2.06. The summed E-state index contributed by atoms with van der Waals surface area (Å²) in [5.74, 6) is -0.556. The number of rotatable bonds is 10. The fourth-order valence-electron chi connectivity index (χ4n) is 2.37. The highest BCUT2D eigenvalue weighted by molar-refractivity contribution is 6.12. The molecule has 22 heavy (non-hydrogen) atoms. The lowest BCUT2D eigenvalue weighted by Crippen LogP contribution is -2.33. The highest BCUT2D eigenvalue weighted by atomic mass is 16.5. The van der Waals surface area contributed by atoms with Crippen molar-refractivity contribution in [3.8, 4) is 0 Å². The number of nitrogens with one attached hydrogen (secondary N) is 1. The molecule has 2 heterocycles. The third-order valence-electron chi connectivity index (χ3n) is 3.60. The van der Waals surface area contributed by atoms with Crippen LogP contribution in [0.2, 0.25) is 0 Å². The zero-order valence-electron chi connectivity index (χ0n) is 12.8. The maximum atomic E-state index is 11.3. The normalized spacial score (nSPS) is 19.4. The summed E-state index contributed by atoms with van der Waals surface area (Å²) in [6.45, 7) is 4.74. The minimum Gasteiger partial charge on any atom is -0.377 e. The van der Waals surface area contributed by atoms with Gasteiger partial charge in [-0.05, 0) is 25.9 Å². The Hall–Kier alpha value is -1.28. The number of carbonyl (C=O) groups excluding carboxylic acids is 2. The van der Waals surface area contributed by atoms with Crippen molar-refractivity contribution >= 4 is 11.8 Å². The summed E-state index contributed by atoms with van der Waals surface area (Å²) < 4.78 is 16.5. The standard InChI is InChI=1S/C15H24N2O5/c18-14-1-2-15(19)17(14)7-8-20-9-10-21-11-12-22-13-3-5-16-6-4-13/h1-2,13,16H,3-12H2. The minimum absolute atomic E-state index is 0.278. The molecule has 0 radical (unpaired) electrons. The average molecular weight is 312 g/mol. The molecule has 2 amide bonds. The number of hydrogen-bond donors (Lipinski definition) is 1. The van der Waals surface area contributed by atoms with Gasteiger partial charge in [0, 0.05) is 12.2 Å². The summed E-state index contributed by atoms with van der Waals surface area (Å²) in [6, 6.07) is 0. The van der Waals surface area contributed by atoms with Crippen LogP contribution in [0.3, 0.4) is 0 Å². The van der Waals surface area contributed by atoms with E-state index >= 15 is 0 Å². The van der Waals surface area contributed by atoms with Crippen molar-refractivity contribution in [2.24, 2.45) is 0 Å². The summed E-state index contributed by atoms with van der Waals surface area (Å²) in [6.07, 6.45) is 5.02. The van der Waals surface area contributed by atoms with Crippen molar-refractivity contribution in [1.82, 2.24) is 10.2 Å². The molecule has 0 spiro atoms. The predicted molar refractivity (Wildman–Crippen MR) is 79.3 cm³/mol. The van der Waals surface area contributed by atoms with E-state index in [1.165, 1.54) is 12.2 Å². The fourth-order valence-corrected chi connectivity index (χ4v) is 2.37. The summed E-state index contributed by atoms with van der Waals surface area (Å²) in [5.41, 5.74) is 0. The maximum absolute atomic E-state index is 11.3. The van der Waals surface area contributed by atoms with Gasteiger partial charge in [0.1, 0.15) is 0 Å². The number of hydrogen-bond acceptors (Lipinski definition) is 6. The van der Waals surface area contributed by atoms with Crippen LogP contribution in [0.15, 0.2) is 12.2 Å². The monoisotopic (exact) mass is 312 g/mol. The fraction of sp³-hybridized carbons (Fsp3) is 0.733. The van der Waals surface area contributed by atoms with Gasteiger partial charge in [0.15, 0.2) is 0 Å². The molecule has 1 N–H and O–H groups in total. The summed E-state index contributed by atoms with van der Waals surface area (Å²) >= 11 is 0. The molecule has 2 rings (SSSR count). The molecule has 0 aromatic carbocycles. The number of imide groups is 1. The molecule has 2 aliphatic heterocycles. The van der Waals surface area contributed by atoms with Crippen molar-refractivity contribution < 1.29 is 23.8 Å². The molecule has 0 aromatic rings. The molecule has 0 saturated carbocycles. The van der Waals surface area contributed by atoms with E-state index in [0.29, 0.717) is 39.1 Å². The van der Waals surface area contributed by atoms with Gasteiger partial charge in [0.25, 0.3) is 11.8 Å². The van der Waals surface area contributed by atoms with Crippen LogP contribution in [0, 0.1) is 0 Å². The molecule has 2 aliphatic rings. The van der Waals surface area contributed by atoms with Crippen molar-refractivity contribution in [1.29, 1.82) is 0 Å². The second-order valence-corrected chi connectivity index (χ2v) is 5.21. The number of nitrogens with zero attached hydrogens (tertiary/aromatic N) is 1. The van der Waals surface area contributed by atoms with E-state index in [1.54, 1.807) is 0 Å². The Bertz CT molecular complexity index is 375. The van der Waals surface area contributed by atoms with Gasteiger partial charge < -0.3 is 19.5 Å². The van der Waals surface area contributed by atoms with Crippen molar-refractivity contribution in [2.75, 3.05) is 52.7 Å². The van der Waals surface area contributed by atoms with E-state index in [1.807, 2.05) is 0 Å². The number of amides is 2. The largest absolute Gasteiger partial charge is 0.377 e. The molecule has 1 fully saturated rings. The minimum atomic E-state index is -0.278. The van der Waals surface area contributed by atoms with Crippen LogP contribution in [0.1, 0.15) is 12.8 Å². The van der Waals surface area contributed by atoms with Gasteiger partial charge in [-0.3, -0.25) is 14.5 Å². The predicted octanol–water partition coefficient (Wildman–Crippen LogP) is -0.287. The molecular weight excluding hydrogens is 288 g/mol. The Labute approximate surface area is 130 Å². The van der Waals surface area contributed by atoms with Gasteiger partial charge >= 0.3 is 0 Å². The van der Waals surface area contributed by atoms with E-state index in [0.717, 1.165) is 30.8 Å². The van der Waals surface area contributed by atoms with Gasteiger partial charge in [-0.1, -0.05) is 0 Å². The van der Waals surface area contributed by atoms with E-state index in [4.69, 9.17) is 14.2 Å². The molecule has 7 nitrogen and oxygen atoms in total. The smallest absolute Gasteiger partial charge is 0.253 e. The van der Waals surface area contributed by atoms with Gasteiger partial charge in [-0.25, -0.2) is 0 Å². The third kappa shape index (κ3) is 5.84. The third-order valence-corrected chi connectivity index (χ3v) is 3.60. The molecule has 7 heteroatoms. The number of ether oxygens (including phenoxy) is 3. The van der Waals surface area contributed by atoms with Crippen LogP contribution in [-0.2, 0) is 23.8 Å². The van der Waals surface area contributed by atoms with Crippen LogP contribution in [0.4, 0.5) is 0 Å². The zero-order valence-corrected chi connectivity index (χ0v) is 12.8. The first-order chi connectivity index (χ1) is 10.8. The molecule has 124 valence electrons. The first-order valence-electron chi connectivity index (χ1n) is 7.79. The van der Waals surface area contributed by atoms with Crippen LogP contribution in [0.25, 0.3) is 0 Å². The second kappa shape index (κ2) is 9.68.